The van der Waals surface area contributed by atoms with E-state index < -0.39 is 11.7 Å². The van der Waals surface area contributed by atoms with Crippen molar-refractivity contribution in [1.82, 2.24) is 14.5 Å². The number of carbonyl (C=O) groups is 1. The molecule has 38 heavy (non-hydrogen) atoms. The first kappa shape index (κ1) is 25.8. The fourth-order valence-corrected chi connectivity index (χ4v) is 4.78. The van der Waals surface area contributed by atoms with Gasteiger partial charge in [-0.2, -0.15) is 13.2 Å². The molecule has 9 heteroatoms. The summed E-state index contributed by atoms with van der Waals surface area (Å²) in [5, 5.41) is 0. The first-order chi connectivity index (χ1) is 18.4. The molecule has 4 aromatic rings. The van der Waals surface area contributed by atoms with Crippen molar-refractivity contribution in [3.63, 3.8) is 0 Å². The van der Waals surface area contributed by atoms with E-state index in [-0.39, 0.29) is 0 Å². The van der Waals surface area contributed by atoms with Crippen LogP contribution < -0.4 is 9.64 Å². The Bertz CT molecular complexity index is 1360. The summed E-state index contributed by atoms with van der Waals surface area (Å²) in [4.78, 5) is 20.1. The first-order valence-corrected chi connectivity index (χ1v) is 12.6. The lowest BCUT2D eigenvalue weighted by Gasteiger charge is -2.35. The van der Waals surface area contributed by atoms with Gasteiger partial charge in [0.05, 0.1) is 29.7 Å². The van der Waals surface area contributed by atoms with Crippen molar-refractivity contribution >= 4 is 23.0 Å². The van der Waals surface area contributed by atoms with Crippen LogP contribution in [0.15, 0.2) is 72.8 Å². The topological polar surface area (TPSA) is 50.6 Å². The van der Waals surface area contributed by atoms with E-state index in [0.29, 0.717) is 26.1 Å². The molecule has 1 saturated heterocycles. The molecule has 6 nitrogen and oxygen atoms in total. The van der Waals surface area contributed by atoms with Crippen molar-refractivity contribution in [1.29, 1.82) is 0 Å². The molecule has 1 aromatic heterocycles. The van der Waals surface area contributed by atoms with E-state index in [1.807, 2.05) is 36.4 Å². The van der Waals surface area contributed by atoms with E-state index in [4.69, 9.17) is 9.72 Å². The van der Waals surface area contributed by atoms with Gasteiger partial charge in [-0.1, -0.05) is 30.3 Å². The SMILES string of the molecule is O=CCN1CCN(c2ccc3nc(CCOc4ccccc4)n(Cc4ccc(C(F)(F)F)cc4)c3c2)CC1. The standard InChI is InChI=1S/C29H29F3N4O2/c30-29(31,32)23-8-6-22(7-9-23)21-36-27-20-24(35-15-13-34(14-16-35)17-18-37)10-11-26(27)33-28(36)12-19-38-25-4-2-1-3-5-25/h1-11,18,20H,12-17,19,21H2. The summed E-state index contributed by atoms with van der Waals surface area (Å²) in [6.07, 6.45) is -2.89. The zero-order valence-electron chi connectivity index (χ0n) is 20.9. The number of alkyl halides is 3. The molecular weight excluding hydrogens is 493 g/mol. The molecule has 2 heterocycles. The van der Waals surface area contributed by atoms with Crippen LogP contribution in [-0.4, -0.2) is 60.1 Å². The van der Waals surface area contributed by atoms with Gasteiger partial charge in [-0.05, 0) is 48.0 Å². The molecule has 0 radical (unpaired) electrons. The number of aromatic nitrogens is 2. The first-order valence-electron chi connectivity index (χ1n) is 12.6. The van der Waals surface area contributed by atoms with Crippen molar-refractivity contribution in [2.24, 2.45) is 0 Å². The van der Waals surface area contributed by atoms with Crippen LogP contribution in [-0.2, 0) is 23.9 Å². The second kappa shape index (κ2) is 11.3. The van der Waals surface area contributed by atoms with Crippen LogP contribution in [0, 0.1) is 0 Å². The Labute approximate surface area is 219 Å². The number of nitrogens with zero attached hydrogens (tertiary/aromatic N) is 4. The molecule has 0 bridgehead atoms. The van der Waals surface area contributed by atoms with Crippen LogP contribution in [0.5, 0.6) is 5.75 Å². The van der Waals surface area contributed by atoms with Crippen molar-refractivity contribution in [3.8, 4) is 5.75 Å². The molecule has 5 rings (SSSR count). The highest BCUT2D eigenvalue weighted by molar-refractivity contribution is 5.81. The van der Waals surface area contributed by atoms with Gasteiger partial charge in [0.25, 0.3) is 0 Å². The third-order valence-electron chi connectivity index (χ3n) is 6.84. The second-order valence-corrected chi connectivity index (χ2v) is 9.35. The third-order valence-corrected chi connectivity index (χ3v) is 6.84. The molecule has 1 aliphatic rings. The Hall–Kier alpha value is -3.85. The Balaban J connectivity index is 1.42. The number of para-hydroxylation sites is 1. The Morgan fingerprint density at radius 3 is 2.34 bits per heavy atom. The largest absolute Gasteiger partial charge is 0.493 e. The zero-order chi connectivity index (χ0) is 26.5. The summed E-state index contributed by atoms with van der Waals surface area (Å²) in [6.45, 7) is 4.50. The van der Waals surface area contributed by atoms with E-state index in [1.54, 1.807) is 0 Å². The van der Waals surface area contributed by atoms with Gasteiger partial charge in [0.15, 0.2) is 0 Å². The molecular formula is C29H29F3N4O2. The van der Waals surface area contributed by atoms with Crippen molar-refractivity contribution < 1.29 is 22.7 Å². The minimum atomic E-state index is -4.37. The number of benzene rings is 3. The predicted octanol–water partition coefficient (Wildman–Crippen LogP) is 5.05. The smallest absolute Gasteiger partial charge is 0.416 e. The number of ether oxygens (including phenoxy) is 1. The fraction of sp³-hybridized carbons (Fsp3) is 0.310. The number of hydrogen-bond donors (Lipinski definition) is 0. The summed E-state index contributed by atoms with van der Waals surface area (Å²) >= 11 is 0. The maximum absolute atomic E-state index is 13.1. The summed E-state index contributed by atoms with van der Waals surface area (Å²) in [5.74, 6) is 1.58. The number of rotatable bonds is 9. The monoisotopic (exact) mass is 522 g/mol. The van der Waals surface area contributed by atoms with Crippen LogP contribution in [0.3, 0.4) is 0 Å². The highest BCUT2D eigenvalue weighted by Crippen LogP contribution is 2.30. The van der Waals surface area contributed by atoms with Gasteiger partial charge < -0.3 is 19.0 Å². The average molecular weight is 523 g/mol. The zero-order valence-corrected chi connectivity index (χ0v) is 20.9. The van der Waals surface area contributed by atoms with Crippen LogP contribution in [0.2, 0.25) is 0 Å². The van der Waals surface area contributed by atoms with Gasteiger partial charge in [0, 0.05) is 44.8 Å². The Kier molecular flexibility index (Phi) is 7.64. The molecule has 0 aliphatic carbocycles. The lowest BCUT2D eigenvalue weighted by atomic mass is 10.1. The van der Waals surface area contributed by atoms with Gasteiger partial charge >= 0.3 is 6.18 Å². The molecule has 0 amide bonds. The molecule has 3 aromatic carbocycles. The van der Waals surface area contributed by atoms with E-state index in [9.17, 15) is 18.0 Å². The second-order valence-electron chi connectivity index (χ2n) is 9.35. The predicted molar refractivity (Wildman–Crippen MR) is 141 cm³/mol. The van der Waals surface area contributed by atoms with Gasteiger partial charge in [0.2, 0.25) is 0 Å². The number of aldehydes is 1. The summed E-state index contributed by atoms with van der Waals surface area (Å²) < 4.78 is 47.2. The fourth-order valence-electron chi connectivity index (χ4n) is 4.78. The lowest BCUT2D eigenvalue weighted by Crippen LogP contribution is -2.46. The normalized spacial score (nSPS) is 14.7. The molecule has 0 saturated carbocycles. The number of halogens is 3. The van der Waals surface area contributed by atoms with E-state index in [1.165, 1.54) is 12.1 Å². The van der Waals surface area contributed by atoms with E-state index in [0.717, 1.165) is 78.5 Å². The average Bonchev–Trinajstić information content (AvgIpc) is 3.26. The Morgan fingerprint density at radius 1 is 0.921 bits per heavy atom. The molecule has 198 valence electrons. The minimum absolute atomic E-state index is 0.395. The number of piperazine rings is 1. The summed E-state index contributed by atoms with van der Waals surface area (Å²) in [5.41, 5.74) is 2.91. The maximum atomic E-state index is 13.1. The quantitative estimate of drug-likeness (QED) is 0.288. The molecule has 0 unspecified atom stereocenters. The highest BCUT2D eigenvalue weighted by Gasteiger charge is 2.30. The Morgan fingerprint density at radius 2 is 1.66 bits per heavy atom. The molecule has 0 spiro atoms. The molecule has 1 fully saturated rings. The number of carbonyl (C=O) groups excluding carboxylic acids is 1. The van der Waals surface area contributed by atoms with Gasteiger partial charge in [0.1, 0.15) is 17.9 Å². The molecule has 0 atom stereocenters. The maximum Gasteiger partial charge on any atom is 0.416 e. The minimum Gasteiger partial charge on any atom is -0.493 e. The summed E-state index contributed by atoms with van der Waals surface area (Å²) in [7, 11) is 0. The number of anilines is 1. The van der Waals surface area contributed by atoms with Crippen molar-refractivity contribution in [2.45, 2.75) is 19.1 Å². The number of hydrogen-bond acceptors (Lipinski definition) is 5. The van der Waals surface area contributed by atoms with Gasteiger partial charge in [-0.25, -0.2) is 4.98 Å². The van der Waals surface area contributed by atoms with Crippen LogP contribution in [0.1, 0.15) is 17.0 Å². The molecule has 0 N–H and O–H groups in total. The van der Waals surface area contributed by atoms with Gasteiger partial charge in [-0.15, -0.1) is 0 Å². The van der Waals surface area contributed by atoms with Crippen LogP contribution in [0.25, 0.3) is 11.0 Å². The van der Waals surface area contributed by atoms with Crippen molar-refractivity contribution in [2.75, 3.05) is 44.2 Å². The van der Waals surface area contributed by atoms with Gasteiger partial charge in [-0.3, -0.25) is 4.90 Å². The number of imidazole rings is 1. The van der Waals surface area contributed by atoms with E-state index >= 15 is 0 Å². The van der Waals surface area contributed by atoms with Crippen LogP contribution in [0.4, 0.5) is 18.9 Å². The third kappa shape index (κ3) is 5.99. The van der Waals surface area contributed by atoms with Crippen molar-refractivity contribution in [3.05, 3.63) is 89.7 Å². The lowest BCUT2D eigenvalue weighted by molar-refractivity contribution is -0.137. The highest BCUT2D eigenvalue weighted by atomic mass is 19.4. The summed E-state index contributed by atoms with van der Waals surface area (Å²) in [6, 6.07) is 21.0. The van der Waals surface area contributed by atoms with E-state index in [2.05, 4.69) is 26.5 Å². The number of fused-ring (bicyclic) bond motifs is 1. The molecule has 1 aliphatic heterocycles. The van der Waals surface area contributed by atoms with Crippen LogP contribution >= 0.6 is 0 Å².